The molecule has 0 fully saturated rings. The van der Waals surface area contributed by atoms with Gasteiger partial charge in [0.05, 0.1) is 17.8 Å². The van der Waals surface area contributed by atoms with E-state index in [1.54, 1.807) is 24.3 Å². The molecule has 1 atom stereocenters. The first kappa shape index (κ1) is 16.1. The monoisotopic (exact) mass is 330 g/mol. The SMILES string of the molecule is CC(C)(C)SCC(=O)N1CCc2[nH]cnc2C1c1cccnc1. The van der Waals surface area contributed by atoms with E-state index in [9.17, 15) is 4.79 Å². The molecule has 0 saturated heterocycles. The molecule has 1 amide bonds. The number of carbonyl (C=O) groups excluding carboxylic acids is 1. The first-order chi connectivity index (χ1) is 11.0. The first-order valence-electron chi connectivity index (χ1n) is 7.81. The minimum atomic E-state index is -0.147. The van der Waals surface area contributed by atoms with Crippen LogP contribution in [0.25, 0.3) is 0 Å². The number of thioether (sulfide) groups is 1. The Labute approximate surface area is 140 Å². The number of aromatic amines is 1. The highest BCUT2D eigenvalue weighted by Gasteiger charge is 2.34. The van der Waals surface area contributed by atoms with E-state index in [0.29, 0.717) is 12.3 Å². The number of carbonyl (C=O) groups is 1. The zero-order chi connectivity index (χ0) is 16.4. The third kappa shape index (κ3) is 3.58. The lowest BCUT2D eigenvalue weighted by atomic mass is 9.97. The molecule has 0 aromatic carbocycles. The minimum Gasteiger partial charge on any atom is -0.348 e. The molecular weight excluding hydrogens is 308 g/mol. The van der Waals surface area contributed by atoms with Crippen LogP contribution in [0.4, 0.5) is 0 Å². The highest BCUT2D eigenvalue weighted by Crippen LogP contribution is 2.34. The van der Waals surface area contributed by atoms with Crippen molar-refractivity contribution in [3.05, 3.63) is 47.8 Å². The van der Waals surface area contributed by atoms with Gasteiger partial charge in [0.15, 0.2) is 0 Å². The molecule has 3 heterocycles. The number of rotatable bonds is 3. The zero-order valence-electron chi connectivity index (χ0n) is 13.7. The standard InChI is InChI=1S/C17H22N4OS/c1-17(2,3)23-10-14(22)21-8-6-13-15(20-11-19-13)16(21)12-5-4-7-18-9-12/h4-5,7,9,11,16H,6,8,10H2,1-3H3,(H,19,20). The number of H-pyrrole nitrogens is 1. The van der Waals surface area contributed by atoms with Crippen LogP contribution in [0.1, 0.15) is 43.8 Å². The second-order valence-electron chi connectivity index (χ2n) is 6.69. The van der Waals surface area contributed by atoms with E-state index in [4.69, 9.17) is 0 Å². The van der Waals surface area contributed by atoms with E-state index < -0.39 is 0 Å². The molecule has 1 aliphatic rings. The van der Waals surface area contributed by atoms with Crippen molar-refractivity contribution in [2.24, 2.45) is 0 Å². The summed E-state index contributed by atoms with van der Waals surface area (Å²) >= 11 is 1.68. The molecule has 1 N–H and O–H groups in total. The zero-order valence-corrected chi connectivity index (χ0v) is 14.6. The number of pyridine rings is 1. The summed E-state index contributed by atoms with van der Waals surface area (Å²) in [6, 6.07) is 3.77. The van der Waals surface area contributed by atoms with Crippen molar-refractivity contribution in [2.45, 2.75) is 38.0 Å². The van der Waals surface area contributed by atoms with Crippen molar-refractivity contribution >= 4 is 17.7 Å². The first-order valence-corrected chi connectivity index (χ1v) is 8.80. The highest BCUT2D eigenvalue weighted by molar-refractivity contribution is 8.01. The van der Waals surface area contributed by atoms with Gasteiger partial charge < -0.3 is 9.88 Å². The minimum absolute atomic E-state index is 0.0761. The number of hydrogen-bond acceptors (Lipinski definition) is 4. The number of aromatic nitrogens is 3. The van der Waals surface area contributed by atoms with Crippen LogP contribution in [0.2, 0.25) is 0 Å². The Hall–Kier alpha value is -1.82. The summed E-state index contributed by atoms with van der Waals surface area (Å²) in [6.07, 6.45) is 6.11. The maximum absolute atomic E-state index is 12.8. The number of nitrogens with zero attached hydrogens (tertiary/aromatic N) is 3. The number of nitrogens with one attached hydrogen (secondary N) is 1. The second-order valence-corrected chi connectivity index (χ2v) is 8.50. The summed E-state index contributed by atoms with van der Waals surface area (Å²) in [5, 5.41) is 0. The van der Waals surface area contributed by atoms with Crippen LogP contribution in [-0.2, 0) is 11.2 Å². The molecular formula is C17H22N4OS. The fourth-order valence-corrected chi connectivity index (χ4v) is 3.50. The lowest BCUT2D eigenvalue weighted by molar-refractivity contribution is -0.130. The van der Waals surface area contributed by atoms with Gasteiger partial charge in [-0.1, -0.05) is 26.8 Å². The quantitative estimate of drug-likeness (QED) is 0.940. The fourth-order valence-electron chi connectivity index (χ4n) is 2.78. The molecule has 0 aliphatic carbocycles. The van der Waals surface area contributed by atoms with Crippen LogP contribution in [0, 0.1) is 0 Å². The summed E-state index contributed by atoms with van der Waals surface area (Å²) in [5.41, 5.74) is 3.07. The smallest absolute Gasteiger partial charge is 0.233 e. The Balaban J connectivity index is 1.88. The largest absolute Gasteiger partial charge is 0.348 e. The molecule has 1 unspecified atom stereocenters. The topological polar surface area (TPSA) is 61.9 Å². The Morgan fingerprint density at radius 2 is 2.30 bits per heavy atom. The summed E-state index contributed by atoms with van der Waals surface area (Å²) in [5.74, 6) is 0.646. The van der Waals surface area contributed by atoms with Crippen molar-refractivity contribution < 1.29 is 4.79 Å². The molecule has 1 aliphatic heterocycles. The third-order valence-electron chi connectivity index (χ3n) is 3.87. The lowest BCUT2D eigenvalue weighted by Gasteiger charge is -2.35. The van der Waals surface area contributed by atoms with Gasteiger partial charge in [-0.05, 0) is 11.6 Å². The maximum Gasteiger partial charge on any atom is 0.233 e. The average molecular weight is 330 g/mol. The van der Waals surface area contributed by atoms with Crippen LogP contribution in [0.3, 0.4) is 0 Å². The van der Waals surface area contributed by atoms with Crippen molar-refractivity contribution in [1.29, 1.82) is 0 Å². The predicted octanol–water partition coefficient (Wildman–Crippen LogP) is 2.81. The van der Waals surface area contributed by atoms with Crippen LogP contribution >= 0.6 is 11.8 Å². The number of fused-ring (bicyclic) bond motifs is 1. The summed E-state index contributed by atoms with van der Waals surface area (Å²) in [7, 11) is 0. The van der Waals surface area contributed by atoms with E-state index in [0.717, 1.165) is 23.4 Å². The summed E-state index contributed by atoms with van der Waals surface area (Å²) in [4.78, 5) is 26.6. The highest BCUT2D eigenvalue weighted by atomic mass is 32.2. The van der Waals surface area contributed by atoms with Crippen LogP contribution in [0.5, 0.6) is 0 Å². The Morgan fingerprint density at radius 1 is 1.48 bits per heavy atom. The molecule has 2 aromatic heterocycles. The van der Waals surface area contributed by atoms with Gasteiger partial charge in [-0.25, -0.2) is 4.98 Å². The van der Waals surface area contributed by atoms with E-state index in [-0.39, 0.29) is 16.7 Å². The summed E-state index contributed by atoms with van der Waals surface area (Å²) < 4.78 is 0.0761. The van der Waals surface area contributed by atoms with Gasteiger partial charge in [-0.15, -0.1) is 11.8 Å². The number of hydrogen-bond donors (Lipinski definition) is 1. The molecule has 6 heteroatoms. The molecule has 2 aromatic rings. The van der Waals surface area contributed by atoms with E-state index >= 15 is 0 Å². The van der Waals surface area contributed by atoms with Crippen LogP contribution < -0.4 is 0 Å². The Bertz CT molecular complexity index is 677. The van der Waals surface area contributed by atoms with Gasteiger partial charge >= 0.3 is 0 Å². The average Bonchev–Trinajstić information content (AvgIpc) is 3.00. The van der Waals surface area contributed by atoms with Crippen molar-refractivity contribution in [3.63, 3.8) is 0 Å². The molecule has 0 radical (unpaired) electrons. The molecule has 23 heavy (non-hydrogen) atoms. The molecule has 5 nitrogen and oxygen atoms in total. The van der Waals surface area contributed by atoms with Crippen molar-refractivity contribution in [1.82, 2.24) is 19.9 Å². The van der Waals surface area contributed by atoms with Crippen LogP contribution in [-0.4, -0.2) is 42.8 Å². The third-order valence-corrected chi connectivity index (χ3v) is 5.13. The maximum atomic E-state index is 12.8. The number of imidazole rings is 1. The van der Waals surface area contributed by atoms with Crippen LogP contribution in [0.15, 0.2) is 30.9 Å². The normalized spacial score (nSPS) is 17.9. The second kappa shape index (κ2) is 6.35. The van der Waals surface area contributed by atoms with E-state index in [1.807, 2.05) is 23.2 Å². The van der Waals surface area contributed by atoms with Gasteiger partial charge in [0, 0.05) is 35.8 Å². The van der Waals surface area contributed by atoms with Gasteiger partial charge in [0.1, 0.15) is 6.04 Å². The Morgan fingerprint density at radius 3 is 3.00 bits per heavy atom. The Kier molecular flexibility index (Phi) is 4.43. The molecule has 0 saturated carbocycles. The molecule has 122 valence electrons. The van der Waals surface area contributed by atoms with E-state index in [1.165, 1.54) is 0 Å². The van der Waals surface area contributed by atoms with Crippen molar-refractivity contribution in [2.75, 3.05) is 12.3 Å². The van der Waals surface area contributed by atoms with Gasteiger partial charge in [-0.2, -0.15) is 0 Å². The number of amides is 1. The predicted molar refractivity (Wildman–Crippen MR) is 92.3 cm³/mol. The molecule has 3 rings (SSSR count). The lowest BCUT2D eigenvalue weighted by Crippen LogP contribution is -2.42. The fraction of sp³-hybridized carbons (Fsp3) is 0.471. The summed E-state index contributed by atoms with van der Waals surface area (Å²) in [6.45, 7) is 7.10. The molecule has 0 bridgehead atoms. The molecule has 0 spiro atoms. The van der Waals surface area contributed by atoms with Crippen molar-refractivity contribution in [3.8, 4) is 0 Å². The van der Waals surface area contributed by atoms with E-state index in [2.05, 4.69) is 35.7 Å². The van der Waals surface area contributed by atoms with Gasteiger partial charge in [0.25, 0.3) is 0 Å². The van der Waals surface area contributed by atoms with Gasteiger partial charge in [-0.3, -0.25) is 9.78 Å². The van der Waals surface area contributed by atoms with Gasteiger partial charge in [0.2, 0.25) is 5.91 Å².